The molecule has 2 heteroatoms. The zero-order valence-corrected chi connectivity index (χ0v) is 9.50. The monoisotopic (exact) mass is 200 g/mol. The Morgan fingerprint density at radius 1 is 1.21 bits per heavy atom. The third kappa shape index (κ3) is 6.17. The molecule has 0 aliphatic carbocycles. The third-order valence-corrected chi connectivity index (χ3v) is 2.41. The van der Waals surface area contributed by atoms with Crippen molar-refractivity contribution in [3.05, 3.63) is 11.6 Å². The summed E-state index contributed by atoms with van der Waals surface area (Å²) in [6, 6.07) is 0. The Labute approximate surface area is 87.7 Å². The van der Waals surface area contributed by atoms with Crippen LogP contribution in [0.25, 0.3) is 0 Å². The van der Waals surface area contributed by atoms with E-state index in [2.05, 4.69) is 13.8 Å². The molecule has 2 nitrogen and oxygen atoms in total. The Kier molecular flexibility index (Phi) is 9.00. The van der Waals surface area contributed by atoms with E-state index in [4.69, 9.17) is 5.11 Å². The molecule has 1 atom stereocenters. The molecule has 0 aromatic carbocycles. The molecule has 0 spiro atoms. The Bertz CT molecular complexity index is 152. The van der Waals surface area contributed by atoms with Gasteiger partial charge >= 0.3 is 0 Å². The van der Waals surface area contributed by atoms with Crippen LogP contribution in [0.3, 0.4) is 0 Å². The number of aliphatic hydroxyl groups excluding tert-OH is 2. The van der Waals surface area contributed by atoms with Gasteiger partial charge in [0.25, 0.3) is 0 Å². The Morgan fingerprint density at radius 3 is 2.36 bits per heavy atom. The summed E-state index contributed by atoms with van der Waals surface area (Å²) < 4.78 is 0. The van der Waals surface area contributed by atoms with Crippen LogP contribution in [0.2, 0.25) is 0 Å². The fraction of sp³-hybridized carbons (Fsp3) is 0.833. The lowest BCUT2D eigenvalue weighted by atomic mass is 10.0. The van der Waals surface area contributed by atoms with Gasteiger partial charge in [0.15, 0.2) is 0 Å². The largest absolute Gasteiger partial charge is 0.392 e. The summed E-state index contributed by atoms with van der Waals surface area (Å²) in [5.41, 5.74) is 0.798. The second kappa shape index (κ2) is 9.22. The first-order chi connectivity index (χ1) is 6.76. The summed E-state index contributed by atoms with van der Waals surface area (Å²) in [4.78, 5) is 0. The summed E-state index contributed by atoms with van der Waals surface area (Å²) >= 11 is 0. The molecule has 0 amide bonds. The van der Waals surface area contributed by atoms with Crippen LogP contribution in [0.15, 0.2) is 11.6 Å². The molecule has 0 aliphatic rings. The minimum absolute atomic E-state index is 0.00536. The van der Waals surface area contributed by atoms with E-state index in [0.717, 1.165) is 44.1 Å². The van der Waals surface area contributed by atoms with Crippen LogP contribution in [0.1, 0.15) is 52.4 Å². The van der Waals surface area contributed by atoms with Crippen LogP contribution in [-0.2, 0) is 0 Å². The Hall–Kier alpha value is -0.340. The second-order valence-corrected chi connectivity index (χ2v) is 3.74. The van der Waals surface area contributed by atoms with Crippen molar-refractivity contribution in [2.45, 2.75) is 58.5 Å². The fourth-order valence-electron chi connectivity index (χ4n) is 1.38. The molecular weight excluding hydrogens is 176 g/mol. The molecule has 2 N–H and O–H groups in total. The van der Waals surface area contributed by atoms with Crippen LogP contribution >= 0.6 is 0 Å². The average Bonchev–Trinajstić information content (AvgIpc) is 2.21. The molecule has 0 heterocycles. The van der Waals surface area contributed by atoms with Crippen molar-refractivity contribution in [2.75, 3.05) is 6.61 Å². The van der Waals surface area contributed by atoms with Crippen LogP contribution in [0, 0.1) is 0 Å². The van der Waals surface area contributed by atoms with Gasteiger partial charge in [-0.1, -0.05) is 45.6 Å². The Balaban J connectivity index is 3.90. The second-order valence-electron chi connectivity index (χ2n) is 3.74. The lowest BCUT2D eigenvalue weighted by molar-refractivity contribution is 0.175. The molecule has 0 fully saturated rings. The number of unbranched alkanes of at least 4 members (excludes halogenated alkanes) is 3. The van der Waals surface area contributed by atoms with Gasteiger partial charge in [-0.05, 0) is 18.4 Å². The van der Waals surface area contributed by atoms with E-state index >= 15 is 0 Å². The van der Waals surface area contributed by atoms with Crippen molar-refractivity contribution < 1.29 is 10.2 Å². The van der Waals surface area contributed by atoms with Gasteiger partial charge < -0.3 is 10.2 Å². The molecule has 0 saturated heterocycles. The lowest BCUT2D eigenvalue weighted by Gasteiger charge is -2.12. The van der Waals surface area contributed by atoms with Crippen molar-refractivity contribution in [3.8, 4) is 0 Å². The van der Waals surface area contributed by atoms with Crippen molar-refractivity contribution in [1.29, 1.82) is 0 Å². The molecule has 0 radical (unpaired) electrons. The van der Waals surface area contributed by atoms with Crippen molar-refractivity contribution in [2.24, 2.45) is 0 Å². The molecule has 0 aromatic heterocycles. The topological polar surface area (TPSA) is 40.5 Å². The van der Waals surface area contributed by atoms with E-state index in [9.17, 15) is 5.11 Å². The molecule has 14 heavy (non-hydrogen) atoms. The van der Waals surface area contributed by atoms with Crippen molar-refractivity contribution >= 4 is 0 Å². The van der Waals surface area contributed by atoms with Gasteiger partial charge in [0.1, 0.15) is 0 Å². The van der Waals surface area contributed by atoms with E-state index in [1.807, 2.05) is 6.08 Å². The van der Waals surface area contributed by atoms with Crippen LogP contribution in [0.5, 0.6) is 0 Å². The standard InChI is InChI=1S/C12H24O2/c1-3-5-7-8-11(10-13)12(14)9-6-4-2/h8,12-14H,3-7,9-10H2,1-2H3/b11-8+/t12-/m1/s1. The van der Waals surface area contributed by atoms with E-state index in [-0.39, 0.29) is 6.61 Å². The highest BCUT2D eigenvalue weighted by molar-refractivity contribution is 5.08. The van der Waals surface area contributed by atoms with Gasteiger partial charge in [0.2, 0.25) is 0 Å². The molecule has 0 aromatic rings. The van der Waals surface area contributed by atoms with E-state index in [0.29, 0.717) is 0 Å². The van der Waals surface area contributed by atoms with E-state index < -0.39 is 6.10 Å². The van der Waals surface area contributed by atoms with Crippen LogP contribution in [0.4, 0.5) is 0 Å². The van der Waals surface area contributed by atoms with Gasteiger partial charge in [-0.25, -0.2) is 0 Å². The first kappa shape index (κ1) is 13.7. The van der Waals surface area contributed by atoms with Gasteiger partial charge in [-0.15, -0.1) is 0 Å². The van der Waals surface area contributed by atoms with Crippen molar-refractivity contribution in [3.63, 3.8) is 0 Å². The quantitative estimate of drug-likeness (QED) is 0.467. The first-order valence-electron chi connectivity index (χ1n) is 5.74. The number of hydrogen-bond acceptors (Lipinski definition) is 2. The number of allylic oxidation sites excluding steroid dienone is 1. The minimum Gasteiger partial charge on any atom is -0.392 e. The van der Waals surface area contributed by atoms with Gasteiger partial charge in [0, 0.05) is 0 Å². The van der Waals surface area contributed by atoms with E-state index in [1.54, 1.807) is 0 Å². The maximum absolute atomic E-state index is 9.71. The summed E-state index contributed by atoms with van der Waals surface area (Å²) in [6.07, 6.45) is 7.69. The minimum atomic E-state index is -0.434. The predicted molar refractivity (Wildman–Crippen MR) is 60.2 cm³/mol. The zero-order chi connectivity index (χ0) is 10.8. The fourth-order valence-corrected chi connectivity index (χ4v) is 1.38. The number of aliphatic hydroxyl groups is 2. The van der Waals surface area contributed by atoms with Crippen LogP contribution < -0.4 is 0 Å². The normalized spacial score (nSPS) is 14.4. The van der Waals surface area contributed by atoms with Gasteiger partial charge in [-0.3, -0.25) is 0 Å². The summed E-state index contributed by atoms with van der Waals surface area (Å²) in [5.74, 6) is 0. The maximum atomic E-state index is 9.71. The molecule has 0 unspecified atom stereocenters. The molecule has 0 aliphatic heterocycles. The number of rotatable bonds is 8. The maximum Gasteiger partial charge on any atom is 0.0772 e. The Morgan fingerprint density at radius 2 is 1.86 bits per heavy atom. The van der Waals surface area contributed by atoms with Gasteiger partial charge in [0.05, 0.1) is 12.7 Å². The zero-order valence-electron chi connectivity index (χ0n) is 9.50. The predicted octanol–water partition coefficient (Wildman–Crippen LogP) is 2.65. The average molecular weight is 200 g/mol. The highest BCUT2D eigenvalue weighted by atomic mass is 16.3. The highest BCUT2D eigenvalue weighted by Gasteiger charge is 2.08. The molecular formula is C12H24O2. The molecule has 0 rings (SSSR count). The lowest BCUT2D eigenvalue weighted by Crippen LogP contribution is -2.13. The van der Waals surface area contributed by atoms with E-state index in [1.165, 1.54) is 0 Å². The van der Waals surface area contributed by atoms with Crippen molar-refractivity contribution in [1.82, 2.24) is 0 Å². The summed E-state index contributed by atoms with van der Waals surface area (Å²) in [5, 5.41) is 18.8. The first-order valence-corrected chi connectivity index (χ1v) is 5.74. The molecule has 84 valence electrons. The summed E-state index contributed by atoms with van der Waals surface area (Å²) in [7, 11) is 0. The smallest absolute Gasteiger partial charge is 0.0772 e. The molecule has 0 saturated carbocycles. The third-order valence-electron chi connectivity index (χ3n) is 2.41. The van der Waals surface area contributed by atoms with Gasteiger partial charge in [-0.2, -0.15) is 0 Å². The summed E-state index contributed by atoms with van der Waals surface area (Å²) in [6.45, 7) is 4.24. The SMILES string of the molecule is CCCC/C=C(\CO)[C@H](O)CCCC. The van der Waals surface area contributed by atoms with Crippen LogP contribution in [-0.4, -0.2) is 22.9 Å². The molecule has 0 bridgehead atoms. The highest BCUT2D eigenvalue weighted by Crippen LogP contribution is 2.11. The number of hydrogen-bond donors (Lipinski definition) is 2.